The van der Waals surface area contributed by atoms with Crippen LogP contribution in [0, 0.1) is 39.9 Å². The summed E-state index contributed by atoms with van der Waals surface area (Å²) in [5, 5.41) is 19.6. The predicted octanol–water partition coefficient (Wildman–Crippen LogP) is 3.60. The Morgan fingerprint density at radius 3 is 2.33 bits per heavy atom. The van der Waals surface area contributed by atoms with E-state index in [-0.39, 0.29) is 11.8 Å². The Hall–Kier alpha value is -2.39. The molecule has 0 radical (unpaired) electrons. The lowest BCUT2D eigenvalue weighted by Crippen LogP contribution is -2.40. The third-order valence-electron chi connectivity index (χ3n) is 4.42. The molecule has 2 rings (SSSR count). The van der Waals surface area contributed by atoms with Crippen molar-refractivity contribution in [3.8, 4) is 12.1 Å². The quantitative estimate of drug-likeness (QED) is 0.793. The summed E-state index contributed by atoms with van der Waals surface area (Å²) in [6, 6.07) is 13.9. The molecular weight excluding hydrogens is 260 g/mol. The molecule has 0 aliphatic heterocycles. The average molecular weight is 278 g/mol. The molecule has 0 unspecified atom stereocenters. The number of hydrogen-bond acceptors (Lipinski definition) is 3. The van der Waals surface area contributed by atoms with Crippen LogP contribution in [0.3, 0.4) is 0 Å². The number of nitrogens with zero attached hydrogens (tertiary/aromatic N) is 2. The zero-order chi connectivity index (χ0) is 15.5. The van der Waals surface area contributed by atoms with E-state index in [9.17, 15) is 15.3 Å². The van der Waals surface area contributed by atoms with E-state index in [0.29, 0.717) is 12.0 Å². The minimum atomic E-state index is -1.19. The molecule has 0 saturated heterocycles. The molecule has 2 atom stereocenters. The van der Waals surface area contributed by atoms with E-state index < -0.39 is 11.3 Å². The largest absolute Gasteiger partial charge is 0.298 e. The molecule has 0 amide bonds. The number of aldehydes is 1. The Morgan fingerprint density at radius 1 is 1.24 bits per heavy atom. The van der Waals surface area contributed by atoms with Crippen molar-refractivity contribution in [2.45, 2.75) is 26.2 Å². The molecule has 3 heteroatoms. The van der Waals surface area contributed by atoms with Crippen molar-refractivity contribution in [2.75, 3.05) is 0 Å². The topological polar surface area (TPSA) is 64.7 Å². The molecule has 0 bridgehead atoms. The second-order valence-corrected chi connectivity index (χ2v) is 5.84. The summed E-state index contributed by atoms with van der Waals surface area (Å²) in [5.74, 6) is -0.367. The highest BCUT2D eigenvalue weighted by Gasteiger charge is 2.51. The Labute approximate surface area is 125 Å². The Morgan fingerprint density at radius 2 is 1.86 bits per heavy atom. The van der Waals surface area contributed by atoms with Gasteiger partial charge in [-0.25, -0.2) is 0 Å². The molecule has 0 fully saturated rings. The van der Waals surface area contributed by atoms with Crippen molar-refractivity contribution in [3.05, 3.63) is 47.5 Å². The van der Waals surface area contributed by atoms with Crippen LogP contribution >= 0.6 is 0 Å². The molecule has 1 aliphatic carbocycles. The molecule has 0 heterocycles. The molecule has 0 saturated carbocycles. The lowest BCUT2D eigenvalue weighted by Gasteiger charge is -2.41. The number of carbonyl (C=O) groups is 1. The van der Waals surface area contributed by atoms with Crippen molar-refractivity contribution >= 4 is 6.29 Å². The summed E-state index contributed by atoms with van der Waals surface area (Å²) in [7, 11) is 0. The minimum absolute atomic E-state index is 0.0820. The SMILES string of the molecule is CC(C)[C@@H]1CC=C(C=O)[C@@H](c2ccccc2)C1(C#N)C#N. The Kier molecular flexibility index (Phi) is 4.24. The molecule has 106 valence electrons. The summed E-state index contributed by atoms with van der Waals surface area (Å²) in [4.78, 5) is 11.5. The van der Waals surface area contributed by atoms with Crippen molar-refractivity contribution in [1.82, 2.24) is 0 Å². The van der Waals surface area contributed by atoms with Gasteiger partial charge in [-0.15, -0.1) is 0 Å². The van der Waals surface area contributed by atoms with Gasteiger partial charge in [-0.3, -0.25) is 4.79 Å². The minimum Gasteiger partial charge on any atom is -0.298 e. The van der Waals surface area contributed by atoms with Crippen molar-refractivity contribution in [1.29, 1.82) is 10.5 Å². The van der Waals surface area contributed by atoms with E-state index >= 15 is 0 Å². The Balaban J connectivity index is 2.68. The number of allylic oxidation sites excluding steroid dienone is 2. The zero-order valence-corrected chi connectivity index (χ0v) is 12.3. The molecule has 0 spiro atoms. The van der Waals surface area contributed by atoms with E-state index in [4.69, 9.17) is 0 Å². The average Bonchev–Trinajstić information content (AvgIpc) is 2.53. The van der Waals surface area contributed by atoms with Crippen LogP contribution in [0.4, 0.5) is 0 Å². The van der Waals surface area contributed by atoms with Crippen molar-refractivity contribution in [3.63, 3.8) is 0 Å². The first-order valence-electron chi connectivity index (χ1n) is 7.13. The van der Waals surface area contributed by atoms with Crippen LogP contribution in [-0.4, -0.2) is 6.29 Å². The number of carbonyl (C=O) groups excluding carboxylic acids is 1. The monoisotopic (exact) mass is 278 g/mol. The fraction of sp³-hybridized carbons (Fsp3) is 0.389. The lowest BCUT2D eigenvalue weighted by atomic mass is 9.57. The third kappa shape index (κ3) is 2.36. The van der Waals surface area contributed by atoms with Gasteiger partial charge in [-0.2, -0.15) is 10.5 Å². The summed E-state index contributed by atoms with van der Waals surface area (Å²) < 4.78 is 0. The maximum absolute atomic E-state index is 11.5. The van der Waals surface area contributed by atoms with Gasteiger partial charge in [-0.05, 0) is 29.4 Å². The highest BCUT2D eigenvalue weighted by molar-refractivity contribution is 5.77. The lowest BCUT2D eigenvalue weighted by molar-refractivity contribution is -0.105. The van der Waals surface area contributed by atoms with Crippen molar-refractivity contribution < 1.29 is 4.79 Å². The number of rotatable bonds is 3. The fourth-order valence-corrected chi connectivity index (χ4v) is 3.38. The van der Waals surface area contributed by atoms with Gasteiger partial charge >= 0.3 is 0 Å². The summed E-state index contributed by atoms with van der Waals surface area (Å²) in [6.45, 7) is 4.05. The van der Waals surface area contributed by atoms with Gasteiger partial charge in [0.25, 0.3) is 0 Å². The van der Waals surface area contributed by atoms with Gasteiger partial charge in [0.2, 0.25) is 0 Å². The van der Waals surface area contributed by atoms with E-state index in [0.717, 1.165) is 11.8 Å². The van der Waals surface area contributed by atoms with Crippen LogP contribution in [0.25, 0.3) is 0 Å². The van der Waals surface area contributed by atoms with Crippen LogP contribution in [0.15, 0.2) is 42.0 Å². The highest BCUT2D eigenvalue weighted by atomic mass is 16.1. The smallest absolute Gasteiger partial charge is 0.158 e. The van der Waals surface area contributed by atoms with E-state index in [1.807, 2.05) is 50.3 Å². The maximum Gasteiger partial charge on any atom is 0.158 e. The zero-order valence-electron chi connectivity index (χ0n) is 12.3. The summed E-state index contributed by atoms with van der Waals surface area (Å²) in [5.41, 5.74) is 0.200. The van der Waals surface area contributed by atoms with E-state index in [2.05, 4.69) is 12.1 Å². The number of nitriles is 2. The summed E-state index contributed by atoms with van der Waals surface area (Å²) >= 11 is 0. The van der Waals surface area contributed by atoms with Gasteiger partial charge < -0.3 is 0 Å². The van der Waals surface area contributed by atoms with Crippen LogP contribution in [0.5, 0.6) is 0 Å². The molecule has 0 aromatic heterocycles. The van der Waals surface area contributed by atoms with Crippen LogP contribution < -0.4 is 0 Å². The fourth-order valence-electron chi connectivity index (χ4n) is 3.38. The predicted molar refractivity (Wildman–Crippen MR) is 79.9 cm³/mol. The number of hydrogen-bond donors (Lipinski definition) is 0. The highest BCUT2D eigenvalue weighted by Crippen LogP contribution is 2.52. The second kappa shape index (κ2) is 5.94. The summed E-state index contributed by atoms with van der Waals surface area (Å²) in [6.07, 6.45) is 3.27. The van der Waals surface area contributed by atoms with Gasteiger partial charge in [0, 0.05) is 5.92 Å². The molecular formula is C18H18N2O. The molecule has 21 heavy (non-hydrogen) atoms. The molecule has 1 aromatic rings. The first-order chi connectivity index (χ1) is 10.1. The van der Waals surface area contributed by atoms with Gasteiger partial charge in [0.1, 0.15) is 6.29 Å². The molecule has 1 aromatic carbocycles. The molecule has 3 nitrogen and oxygen atoms in total. The van der Waals surface area contributed by atoms with Crippen LogP contribution in [0.2, 0.25) is 0 Å². The third-order valence-corrected chi connectivity index (χ3v) is 4.42. The number of benzene rings is 1. The molecule has 0 N–H and O–H groups in total. The first kappa shape index (κ1) is 15.0. The first-order valence-corrected chi connectivity index (χ1v) is 7.13. The standard InChI is InChI=1S/C18H18N2O/c1-13(2)16-9-8-15(10-21)17(18(16,11-19)12-20)14-6-4-3-5-7-14/h3-8,10,13,16-17H,9H2,1-2H3/t16-,17+/m0/s1. The molecule has 1 aliphatic rings. The van der Waals surface area contributed by atoms with Crippen LogP contribution in [0.1, 0.15) is 31.7 Å². The van der Waals surface area contributed by atoms with Gasteiger partial charge in [0.05, 0.1) is 12.1 Å². The van der Waals surface area contributed by atoms with E-state index in [1.165, 1.54) is 0 Å². The van der Waals surface area contributed by atoms with Gasteiger partial charge in [-0.1, -0.05) is 50.3 Å². The van der Waals surface area contributed by atoms with Crippen LogP contribution in [-0.2, 0) is 4.79 Å². The normalized spacial score (nSPS) is 23.8. The van der Waals surface area contributed by atoms with Gasteiger partial charge in [0.15, 0.2) is 5.41 Å². The van der Waals surface area contributed by atoms with Crippen molar-refractivity contribution in [2.24, 2.45) is 17.3 Å². The Bertz CT molecular complexity index is 617. The second-order valence-electron chi connectivity index (χ2n) is 5.84. The van der Waals surface area contributed by atoms with E-state index in [1.54, 1.807) is 0 Å². The maximum atomic E-state index is 11.5.